The zero-order valence-corrected chi connectivity index (χ0v) is 9.79. The molecule has 2 aromatic heterocycles. The van der Waals surface area contributed by atoms with Gasteiger partial charge in [0, 0.05) is 30.2 Å². The van der Waals surface area contributed by atoms with Gasteiger partial charge < -0.3 is 0 Å². The number of pyridine rings is 2. The first-order chi connectivity index (χ1) is 8.43. The summed E-state index contributed by atoms with van der Waals surface area (Å²) in [4.78, 5) is 8.71. The zero-order chi connectivity index (χ0) is 11.5. The standard InChI is InChI=1S/C15H16N2/c1-2-9-17-15(5-1)14(13-6-7-13)10-12-4-3-8-16-11-12/h1-5,8-9,11,13-14H,6-7,10H2. The summed E-state index contributed by atoms with van der Waals surface area (Å²) in [5, 5.41) is 0. The van der Waals surface area contributed by atoms with E-state index in [1.807, 2.05) is 30.7 Å². The lowest BCUT2D eigenvalue weighted by molar-refractivity contribution is 0.585. The van der Waals surface area contributed by atoms with Crippen LogP contribution in [-0.4, -0.2) is 9.97 Å². The molecule has 2 heteroatoms. The molecule has 0 aromatic carbocycles. The van der Waals surface area contributed by atoms with Gasteiger partial charge in [-0.1, -0.05) is 12.1 Å². The Morgan fingerprint density at radius 1 is 1.12 bits per heavy atom. The third-order valence-electron chi connectivity index (χ3n) is 3.44. The monoisotopic (exact) mass is 224 g/mol. The van der Waals surface area contributed by atoms with Crippen molar-refractivity contribution in [3.63, 3.8) is 0 Å². The van der Waals surface area contributed by atoms with Crippen molar-refractivity contribution >= 4 is 0 Å². The fourth-order valence-corrected chi connectivity index (χ4v) is 2.38. The van der Waals surface area contributed by atoms with Gasteiger partial charge in [0.25, 0.3) is 0 Å². The van der Waals surface area contributed by atoms with Gasteiger partial charge in [-0.05, 0) is 48.9 Å². The van der Waals surface area contributed by atoms with E-state index in [4.69, 9.17) is 0 Å². The van der Waals surface area contributed by atoms with Crippen LogP contribution in [0.2, 0.25) is 0 Å². The first kappa shape index (κ1) is 10.5. The van der Waals surface area contributed by atoms with Crippen molar-refractivity contribution in [1.29, 1.82) is 0 Å². The summed E-state index contributed by atoms with van der Waals surface area (Å²) in [5.41, 5.74) is 2.55. The fraction of sp³-hybridized carbons (Fsp3) is 0.333. The van der Waals surface area contributed by atoms with Crippen LogP contribution < -0.4 is 0 Å². The largest absolute Gasteiger partial charge is 0.264 e. The average Bonchev–Trinajstić information content (AvgIpc) is 3.23. The Kier molecular flexibility index (Phi) is 2.87. The molecule has 1 saturated carbocycles. The number of nitrogens with zero attached hydrogens (tertiary/aromatic N) is 2. The van der Waals surface area contributed by atoms with Gasteiger partial charge in [-0.25, -0.2) is 0 Å². The molecule has 0 aliphatic heterocycles. The molecule has 1 unspecified atom stereocenters. The minimum absolute atomic E-state index is 0.570. The van der Waals surface area contributed by atoms with Crippen molar-refractivity contribution < 1.29 is 0 Å². The van der Waals surface area contributed by atoms with E-state index >= 15 is 0 Å². The van der Waals surface area contributed by atoms with Crippen LogP contribution in [-0.2, 0) is 6.42 Å². The molecule has 0 amide bonds. The van der Waals surface area contributed by atoms with Crippen molar-refractivity contribution in [1.82, 2.24) is 9.97 Å². The van der Waals surface area contributed by atoms with Gasteiger partial charge in [0.05, 0.1) is 0 Å². The molecular weight excluding hydrogens is 208 g/mol. The predicted octanol–water partition coefficient (Wildman–Crippen LogP) is 3.21. The van der Waals surface area contributed by atoms with Crippen LogP contribution in [0.4, 0.5) is 0 Å². The molecule has 1 aliphatic carbocycles. The first-order valence-electron chi connectivity index (χ1n) is 6.23. The van der Waals surface area contributed by atoms with E-state index in [-0.39, 0.29) is 0 Å². The maximum atomic E-state index is 4.52. The molecule has 86 valence electrons. The zero-order valence-electron chi connectivity index (χ0n) is 9.79. The van der Waals surface area contributed by atoms with E-state index in [2.05, 4.69) is 28.2 Å². The van der Waals surface area contributed by atoms with Crippen LogP contribution in [0.15, 0.2) is 48.9 Å². The van der Waals surface area contributed by atoms with Crippen molar-refractivity contribution in [2.45, 2.75) is 25.2 Å². The van der Waals surface area contributed by atoms with Gasteiger partial charge in [0.1, 0.15) is 0 Å². The molecule has 0 radical (unpaired) electrons. The van der Waals surface area contributed by atoms with Crippen molar-refractivity contribution in [3.05, 3.63) is 60.2 Å². The van der Waals surface area contributed by atoms with E-state index in [1.165, 1.54) is 24.1 Å². The van der Waals surface area contributed by atoms with Gasteiger partial charge in [0.15, 0.2) is 0 Å². The van der Waals surface area contributed by atoms with E-state index < -0.39 is 0 Å². The van der Waals surface area contributed by atoms with E-state index in [9.17, 15) is 0 Å². The van der Waals surface area contributed by atoms with Crippen LogP contribution in [0, 0.1) is 5.92 Å². The molecule has 17 heavy (non-hydrogen) atoms. The normalized spacial score (nSPS) is 16.7. The maximum absolute atomic E-state index is 4.52. The summed E-state index contributed by atoms with van der Waals surface area (Å²) in [6, 6.07) is 10.4. The van der Waals surface area contributed by atoms with Crippen molar-refractivity contribution in [2.75, 3.05) is 0 Å². The van der Waals surface area contributed by atoms with Gasteiger partial charge in [-0.2, -0.15) is 0 Å². The van der Waals surface area contributed by atoms with E-state index in [1.54, 1.807) is 0 Å². The highest BCUT2D eigenvalue weighted by atomic mass is 14.7. The lowest BCUT2D eigenvalue weighted by Gasteiger charge is -2.15. The number of aromatic nitrogens is 2. The molecule has 3 rings (SSSR count). The molecule has 0 bridgehead atoms. The Bertz CT molecular complexity index is 463. The Hall–Kier alpha value is -1.70. The molecule has 1 atom stereocenters. The molecule has 2 nitrogen and oxygen atoms in total. The topological polar surface area (TPSA) is 25.8 Å². The summed E-state index contributed by atoms with van der Waals surface area (Å²) in [6.07, 6.45) is 9.46. The summed E-state index contributed by atoms with van der Waals surface area (Å²) in [7, 11) is 0. The summed E-state index contributed by atoms with van der Waals surface area (Å²) < 4.78 is 0. The minimum atomic E-state index is 0.570. The molecule has 0 N–H and O–H groups in total. The van der Waals surface area contributed by atoms with Crippen LogP contribution in [0.5, 0.6) is 0 Å². The highest BCUT2D eigenvalue weighted by Crippen LogP contribution is 2.43. The SMILES string of the molecule is c1ccc(C(Cc2cccnc2)C2CC2)nc1. The van der Waals surface area contributed by atoms with Gasteiger partial charge in [0.2, 0.25) is 0 Å². The van der Waals surface area contributed by atoms with Crippen LogP contribution in [0.3, 0.4) is 0 Å². The van der Waals surface area contributed by atoms with E-state index in [0.29, 0.717) is 5.92 Å². The predicted molar refractivity (Wildman–Crippen MR) is 67.6 cm³/mol. The summed E-state index contributed by atoms with van der Waals surface area (Å²) in [6.45, 7) is 0. The highest BCUT2D eigenvalue weighted by Gasteiger charge is 2.32. The molecule has 2 aromatic rings. The second kappa shape index (κ2) is 4.66. The Balaban J connectivity index is 1.82. The first-order valence-corrected chi connectivity index (χ1v) is 6.23. The quantitative estimate of drug-likeness (QED) is 0.797. The number of hydrogen-bond donors (Lipinski definition) is 0. The minimum Gasteiger partial charge on any atom is -0.264 e. The lowest BCUT2D eigenvalue weighted by atomic mass is 9.92. The van der Waals surface area contributed by atoms with Gasteiger partial charge in [-0.15, -0.1) is 0 Å². The lowest BCUT2D eigenvalue weighted by Crippen LogP contribution is -2.07. The van der Waals surface area contributed by atoms with Crippen LogP contribution >= 0.6 is 0 Å². The maximum Gasteiger partial charge on any atom is 0.0440 e. The molecular formula is C15H16N2. The third kappa shape index (κ3) is 2.52. The molecule has 0 saturated heterocycles. The van der Waals surface area contributed by atoms with Crippen molar-refractivity contribution in [3.8, 4) is 0 Å². The Morgan fingerprint density at radius 3 is 2.71 bits per heavy atom. The molecule has 0 spiro atoms. The third-order valence-corrected chi connectivity index (χ3v) is 3.44. The number of rotatable bonds is 4. The number of hydrogen-bond acceptors (Lipinski definition) is 2. The molecule has 1 aliphatic rings. The Labute approximate surface area is 102 Å². The summed E-state index contributed by atoms with van der Waals surface area (Å²) in [5.74, 6) is 1.39. The second-order valence-electron chi connectivity index (χ2n) is 4.76. The smallest absolute Gasteiger partial charge is 0.0440 e. The Morgan fingerprint density at radius 2 is 2.06 bits per heavy atom. The van der Waals surface area contributed by atoms with Crippen LogP contribution in [0.25, 0.3) is 0 Å². The molecule has 1 fully saturated rings. The van der Waals surface area contributed by atoms with E-state index in [0.717, 1.165) is 12.3 Å². The highest BCUT2D eigenvalue weighted by molar-refractivity contribution is 5.19. The average molecular weight is 224 g/mol. The summed E-state index contributed by atoms with van der Waals surface area (Å²) >= 11 is 0. The van der Waals surface area contributed by atoms with Crippen molar-refractivity contribution in [2.24, 2.45) is 5.92 Å². The second-order valence-corrected chi connectivity index (χ2v) is 4.76. The fourth-order valence-electron chi connectivity index (χ4n) is 2.38. The molecule has 2 heterocycles. The van der Waals surface area contributed by atoms with Gasteiger partial charge >= 0.3 is 0 Å². The van der Waals surface area contributed by atoms with Crippen LogP contribution in [0.1, 0.15) is 30.0 Å². The van der Waals surface area contributed by atoms with Gasteiger partial charge in [-0.3, -0.25) is 9.97 Å².